The first-order valence-corrected chi connectivity index (χ1v) is 6.15. The first-order valence-electron chi connectivity index (χ1n) is 5.72. The molecule has 3 nitrogen and oxygen atoms in total. The zero-order valence-corrected chi connectivity index (χ0v) is 11.7. The molecule has 0 bridgehead atoms. The maximum absolute atomic E-state index is 6.10. The van der Waals surface area contributed by atoms with Crippen LogP contribution < -0.4 is 4.74 Å². The molecule has 1 aromatic rings. The average Bonchev–Trinajstić information content (AvgIpc) is 2.29. The van der Waals surface area contributed by atoms with Crippen molar-refractivity contribution < 1.29 is 9.47 Å². The van der Waals surface area contributed by atoms with Gasteiger partial charge in [0, 0.05) is 30.1 Å². The standard InChI is InChI=1S/C13H20ClNO2/c1-9-7-15-12(10(2)13(9)17-4)6-5-11(14)8-16-3/h7,11H,5-6,8H2,1-4H3. The number of alkyl halides is 1. The van der Waals surface area contributed by atoms with E-state index >= 15 is 0 Å². The van der Waals surface area contributed by atoms with Crippen molar-refractivity contribution in [1.29, 1.82) is 0 Å². The van der Waals surface area contributed by atoms with Crippen molar-refractivity contribution in [2.75, 3.05) is 20.8 Å². The van der Waals surface area contributed by atoms with E-state index in [0.717, 1.165) is 35.4 Å². The van der Waals surface area contributed by atoms with Gasteiger partial charge in [-0.25, -0.2) is 0 Å². The predicted molar refractivity (Wildman–Crippen MR) is 70.1 cm³/mol. The maximum Gasteiger partial charge on any atom is 0.128 e. The van der Waals surface area contributed by atoms with Gasteiger partial charge >= 0.3 is 0 Å². The SMILES string of the molecule is COCC(Cl)CCc1ncc(C)c(OC)c1C. The molecular weight excluding hydrogens is 238 g/mol. The number of methoxy groups -OCH3 is 2. The van der Waals surface area contributed by atoms with Gasteiger partial charge in [0.15, 0.2) is 0 Å². The predicted octanol–water partition coefficient (Wildman–Crippen LogP) is 2.89. The zero-order chi connectivity index (χ0) is 12.8. The normalized spacial score (nSPS) is 12.5. The Morgan fingerprint density at radius 1 is 1.35 bits per heavy atom. The van der Waals surface area contributed by atoms with E-state index < -0.39 is 0 Å². The smallest absolute Gasteiger partial charge is 0.128 e. The monoisotopic (exact) mass is 257 g/mol. The second-order valence-corrected chi connectivity index (χ2v) is 4.75. The van der Waals surface area contributed by atoms with Crippen molar-refractivity contribution in [1.82, 2.24) is 4.98 Å². The lowest BCUT2D eigenvalue weighted by Gasteiger charge is -2.13. The molecule has 0 saturated heterocycles. The highest BCUT2D eigenvalue weighted by Gasteiger charge is 2.11. The first-order chi connectivity index (χ1) is 8.10. The minimum absolute atomic E-state index is 0.0356. The number of aryl methyl sites for hydroxylation is 2. The number of nitrogens with zero attached hydrogens (tertiary/aromatic N) is 1. The molecule has 0 spiro atoms. The number of pyridine rings is 1. The van der Waals surface area contributed by atoms with Gasteiger partial charge in [0.25, 0.3) is 0 Å². The van der Waals surface area contributed by atoms with Crippen molar-refractivity contribution in [3.8, 4) is 5.75 Å². The van der Waals surface area contributed by atoms with Gasteiger partial charge in [0.2, 0.25) is 0 Å². The van der Waals surface area contributed by atoms with Crippen LogP contribution in [0.15, 0.2) is 6.20 Å². The summed E-state index contributed by atoms with van der Waals surface area (Å²) in [5, 5.41) is 0.0356. The van der Waals surface area contributed by atoms with Gasteiger partial charge in [-0.2, -0.15) is 0 Å². The Balaban J connectivity index is 2.72. The number of ether oxygens (including phenoxy) is 2. The van der Waals surface area contributed by atoms with E-state index in [4.69, 9.17) is 21.1 Å². The summed E-state index contributed by atoms with van der Waals surface area (Å²) in [5.74, 6) is 0.924. The Labute approximate surface area is 108 Å². The van der Waals surface area contributed by atoms with Gasteiger partial charge < -0.3 is 9.47 Å². The minimum Gasteiger partial charge on any atom is -0.496 e. The van der Waals surface area contributed by atoms with Crippen LogP contribution in [0.3, 0.4) is 0 Å². The Morgan fingerprint density at radius 3 is 2.65 bits per heavy atom. The molecule has 0 amide bonds. The fraction of sp³-hybridized carbons (Fsp3) is 0.615. The largest absolute Gasteiger partial charge is 0.496 e. The van der Waals surface area contributed by atoms with Crippen LogP contribution in [0.4, 0.5) is 0 Å². The summed E-state index contributed by atoms with van der Waals surface area (Å²) in [7, 11) is 3.35. The summed E-state index contributed by atoms with van der Waals surface area (Å²) in [6, 6.07) is 0. The highest BCUT2D eigenvalue weighted by molar-refractivity contribution is 6.20. The highest BCUT2D eigenvalue weighted by Crippen LogP contribution is 2.25. The summed E-state index contributed by atoms with van der Waals surface area (Å²) in [6.07, 6.45) is 3.55. The van der Waals surface area contributed by atoms with Crippen LogP contribution >= 0.6 is 11.6 Å². The summed E-state index contributed by atoms with van der Waals surface area (Å²) >= 11 is 6.10. The minimum atomic E-state index is 0.0356. The number of halogens is 1. The average molecular weight is 258 g/mol. The van der Waals surface area contributed by atoms with Gasteiger partial charge in [0.1, 0.15) is 5.75 Å². The van der Waals surface area contributed by atoms with Crippen LogP contribution in [-0.2, 0) is 11.2 Å². The quantitative estimate of drug-likeness (QED) is 0.735. The third-order valence-electron chi connectivity index (χ3n) is 2.79. The molecule has 4 heteroatoms. The molecule has 0 N–H and O–H groups in total. The third-order valence-corrected chi connectivity index (χ3v) is 3.14. The molecule has 0 fully saturated rings. The van der Waals surface area contributed by atoms with Crippen molar-refractivity contribution in [3.63, 3.8) is 0 Å². The molecule has 0 saturated carbocycles. The lowest BCUT2D eigenvalue weighted by molar-refractivity contribution is 0.195. The van der Waals surface area contributed by atoms with E-state index in [1.165, 1.54) is 0 Å². The van der Waals surface area contributed by atoms with Crippen LogP contribution in [-0.4, -0.2) is 31.2 Å². The van der Waals surface area contributed by atoms with Crippen LogP contribution in [0.1, 0.15) is 23.2 Å². The molecule has 0 radical (unpaired) electrons. The molecule has 0 aliphatic rings. The summed E-state index contributed by atoms with van der Waals surface area (Å²) in [5.41, 5.74) is 3.22. The van der Waals surface area contributed by atoms with E-state index in [1.807, 2.05) is 20.0 Å². The van der Waals surface area contributed by atoms with Gasteiger partial charge in [-0.3, -0.25) is 4.98 Å². The van der Waals surface area contributed by atoms with Crippen molar-refractivity contribution >= 4 is 11.6 Å². The van der Waals surface area contributed by atoms with E-state index in [2.05, 4.69) is 4.98 Å². The molecule has 0 aromatic carbocycles. The second kappa shape index (κ2) is 6.82. The van der Waals surface area contributed by atoms with Crippen molar-refractivity contribution in [2.24, 2.45) is 0 Å². The molecule has 17 heavy (non-hydrogen) atoms. The number of rotatable bonds is 6. The number of hydrogen-bond acceptors (Lipinski definition) is 3. The Kier molecular flexibility index (Phi) is 5.72. The Hall–Kier alpha value is -0.800. The summed E-state index contributed by atoms with van der Waals surface area (Å²) in [4.78, 5) is 4.44. The molecule has 1 aromatic heterocycles. The van der Waals surface area contributed by atoms with Gasteiger partial charge in [0.05, 0.1) is 19.1 Å². The van der Waals surface area contributed by atoms with Gasteiger partial charge in [-0.15, -0.1) is 11.6 Å². The van der Waals surface area contributed by atoms with Crippen LogP contribution in [0.25, 0.3) is 0 Å². The molecule has 1 atom stereocenters. The number of aromatic nitrogens is 1. The highest BCUT2D eigenvalue weighted by atomic mass is 35.5. The molecule has 1 heterocycles. The first kappa shape index (κ1) is 14.3. The third kappa shape index (κ3) is 3.86. The summed E-state index contributed by atoms with van der Waals surface area (Å²) in [6.45, 7) is 4.61. The molecule has 1 rings (SSSR count). The zero-order valence-electron chi connectivity index (χ0n) is 10.9. The summed E-state index contributed by atoms with van der Waals surface area (Å²) < 4.78 is 10.4. The fourth-order valence-electron chi connectivity index (χ4n) is 1.88. The van der Waals surface area contributed by atoms with Crippen molar-refractivity contribution in [2.45, 2.75) is 32.1 Å². The lowest BCUT2D eigenvalue weighted by Crippen LogP contribution is -2.10. The molecule has 0 aliphatic carbocycles. The van der Waals surface area contributed by atoms with Gasteiger partial charge in [-0.1, -0.05) is 0 Å². The van der Waals surface area contributed by atoms with E-state index in [-0.39, 0.29) is 5.38 Å². The lowest BCUT2D eigenvalue weighted by atomic mass is 10.1. The second-order valence-electron chi connectivity index (χ2n) is 4.14. The van der Waals surface area contributed by atoms with Gasteiger partial charge in [-0.05, 0) is 26.7 Å². The molecule has 1 unspecified atom stereocenters. The topological polar surface area (TPSA) is 31.4 Å². The van der Waals surface area contributed by atoms with E-state index in [0.29, 0.717) is 6.61 Å². The Morgan fingerprint density at radius 2 is 2.06 bits per heavy atom. The molecular formula is C13H20ClNO2. The number of hydrogen-bond donors (Lipinski definition) is 0. The molecule has 96 valence electrons. The van der Waals surface area contributed by atoms with E-state index in [1.54, 1.807) is 14.2 Å². The van der Waals surface area contributed by atoms with Crippen molar-refractivity contribution in [3.05, 3.63) is 23.0 Å². The van der Waals surface area contributed by atoms with Crippen LogP contribution in [0, 0.1) is 13.8 Å². The fourth-order valence-corrected chi connectivity index (χ4v) is 2.12. The van der Waals surface area contributed by atoms with E-state index in [9.17, 15) is 0 Å². The van der Waals surface area contributed by atoms with Crippen LogP contribution in [0.2, 0.25) is 0 Å². The van der Waals surface area contributed by atoms with Crippen LogP contribution in [0.5, 0.6) is 5.75 Å². The maximum atomic E-state index is 6.10. The Bertz CT molecular complexity index is 369. The molecule has 0 aliphatic heterocycles.